The monoisotopic (exact) mass is 153 g/mol. The highest BCUT2D eigenvalue weighted by Gasteiger charge is 1.82. The van der Waals surface area contributed by atoms with Crippen molar-refractivity contribution >= 4 is 11.8 Å². The topological polar surface area (TPSA) is 80.4 Å². The summed E-state index contributed by atoms with van der Waals surface area (Å²) in [5.74, 6) is 0.249. The van der Waals surface area contributed by atoms with Crippen LogP contribution in [0.2, 0.25) is 0 Å². The molecule has 0 unspecified atom stereocenters. The van der Waals surface area contributed by atoms with Crippen LogP contribution in [0.1, 0.15) is 0 Å². The Hall–Kier alpha value is -1.80. The van der Waals surface area contributed by atoms with Gasteiger partial charge in [-0.05, 0) is 24.3 Å². The van der Waals surface area contributed by atoms with Gasteiger partial charge in [-0.25, -0.2) is 0 Å². The zero-order valence-electron chi connectivity index (χ0n) is 5.65. The Bertz CT molecular complexity index is 215. The molecule has 1 aromatic carbocycles. The third kappa shape index (κ3) is 4.69. The predicted octanol–water partition coefficient (Wildman–Crippen LogP) is 0.391. The van der Waals surface area contributed by atoms with Crippen molar-refractivity contribution in [3.63, 3.8) is 0 Å². The number of carbonyl (C=O) groups excluding carboxylic acids is 2. The fourth-order valence-electron chi connectivity index (χ4n) is 0.474. The van der Waals surface area contributed by atoms with Gasteiger partial charge in [0.15, 0.2) is 0 Å². The normalized spacial score (nSPS) is 7.27. The van der Waals surface area contributed by atoms with Gasteiger partial charge in [0.2, 0.25) is 0 Å². The molecule has 0 atom stereocenters. The molecule has 0 bridgehead atoms. The van der Waals surface area contributed by atoms with Gasteiger partial charge in [-0.15, -0.1) is 0 Å². The average Bonchev–Trinajstić information content (AvgIpc) is 1.97. The van der Waals surface area contributed by atoms with Gasteiger partial charge in [-0.2, -0.15) is 9.59 Å². The van der Waals surface area contributed by atoms with Crippen molar-refractivity contribution in [1.82, 2.24) is 0 Å². The van der Waals surface area contributed by atoms with E-state index in [0.717, 1.165) is 0 Å². The van der Waals surface area contributed by atoms with E-state index in [1.807, 2.05) is 0 Å². The standard InChI is InChI=1S/C6H7NO.CO2/c7-5-1-3-6(8)4-2-5;2-1-3/h1-4,8H,7H2;. The fraction of sp³-hybridized carbons (Fsp3) is 0. The van der Waals surface area contributed by atoms with E-state index in [9.17, 15) is 0 Å². The third-order valence-electron chi connectivity index (χ3n) is 0.893. The lowest BCUT2D eigenvalue weighted by molar-refractivity contribution is -0.191. The molecule has 0 aliphatic rings. The van der Waals surface area contributed by atoms with Gasteiger partial charge in [0.1, 0.15) is 5.75 Å². The molecule has 0 saturated heterocycles. The van der Waals surface area contributed by atoms with Crippen LogP contribution >= 0.6 is 0 Å². The average molecular weight is 153 g/mol. The van der Waals surface area contributed by atoms with Crippen molar-refractivity contribution < 1.29 is 14.7 Å². The predicted molar refractivity (Wildman–Crippen MR) is 37.5 cm³/mol. The Morgan fingerprint density at radius 2 is 1.55 bits per heavy atom. The summed E-state index contributed by atoms with van der Waals surface area (Å²) < 4.78 is 0. The lowest BCUT2D eigenvalue weighted by Gasteiger charge is -1.89. The molecule has 3 N–H and O–H groups in total. The van der Waals surface area contributed by atoms with Crippen LogP contribution in [0.15, 0.2) is 24.3 Å². The maximum absolute atomic E-state index is 8.70. The van der Waals surface area contributed by atoms with Crippen molar-refractivity contribution in [3.05, 3.63) is 24.3 Å². The van der Waals surface area contributed by atoms with E-state index in [1.165, 1.54) is 0 Å². The summed E-state index contributed by atoms with van der Waals surface area (Å²) in [5, 5.41) is 8.70. The molecule has 58 valence electrons. The summed E-state index contributed by atoms with van der Waals surface area (Å²) in [6, 6.07) is 6.40. The van der Waals surface area contributed by atoms with Gasteiger partial charge in [0.05, 0.1) is 0 Å². The first-order chi connectivity index (χ1) is 5.20. The molecule has 0 amide bonds. The number of hydrogen-bond acceptors (Lipinski definition) is 4. The molecule has 0 heterocycles. The Morgan fingerprint density at radius 1 is 1.18 bits per heavy atom. The summed E-state index contributed by atoms with van der Waals surface area (Å²) in [4.78, 5) is 16.2. The van der Waals surface area contributed by atoms with Crippen molar-refractivity contribution in [3.8, 4) is 5.75 Å². The molecule has 0 aliphatic heterocycles. The van der Waals surface area contributed by atoms with Gasteiger partial charge in [-0.3, -0.25) is 0 Å². The van der Waals surface area contributed by atoms with E-state index in [0.29, 0.717) is 5.69 Å². The smallest absolute Gasteiger partial charge is 0.373 e. The molecule has 0 fully saturated rings. The Balaban J connectivity index is 0.000000292. The lowest BCUT2D eigenvalue weighted by Crippen LogP contribution is -1.80. The quantitative estimate of drug-likeness (QED) is 0.417. The number of phenols is 1. The van der Waals surface area contributed by atoms with Gasteiger partial charge in [0.25, 0.3) is 0 Å². The second-order valence-corrected chi connectivity index (χ2v) is 1.67. The van der Waals surface area contributed by atoms with Gasteiger partial charge in [0, 0.05) is 5.69 Å². The van der Waals surface area contributed by atoms with Crippen LogP contribution in [0.5, 0.6) is 5.75 Å². The van der Waals surface area contributed by atoms with E-state index in [2.05, 4.69) is 0 Å². The third-order valence-corrected chi connectivity index (χ3v) is 0.893. The van der Waals surface area contributed by atoms with Gasteiger partial charge >= 0.3 is 6.15 Å². The van der Waals surface area contributed by atoms with E-state index in [4.69, 9.17) is 20.4 Å². The van der Waals surface area contributed by atoms with Crippen molar-refractivity contribution in [2.45, 2.75) is 0 Å². The molecule has 0 spiro atoms. The van der Waals surface area contributed by atoms with Crippen LogP contribution in [-0.4, -0.2) is 11.3 Å². The SMILES string of the molecule is Nc1ccc(O)cc1.O=C=O. The summed E-state index contributed by atoms with van der Waals surface area (Å²) >= 11 is 0. The summed E-state index contributed by atoms with van der Waals surface area (Å²) in [5.41, 5.74) is 5.98. The Morgan fingerprint density at radius 3 is 1.82 bits per heavy atom. The zero-order chi connectivity index (χ0) is 8.69. The number of nitrogens with two attached hydrogens (primary N) is 1. The van der Waals surface area contributed by atoms with Crippen molar-refractivity contribution in [1.29, 1.82) is 0 Å². The first-order valence-corrected chi connectivity index (χ1v) is 2.74. The van der Waals surface area contributed by atoms with E-state index in [-0.39, 0.29) is 11.9 Å². The number of benzene rings is 1. The number of hydrogen-bond donors (Lipinski definition) is 2. The highest BCUT2D eigenvalue weighted by atomic mass is 16.3. The minimum Gasteiger partial charge on any atom is -0.508 e. The van der Waals surface area contributed by atoms with Crippen LogP contribution in [-0.2, 0) is 9.59 Å². The highest BCUT2D eigenvalue weighted by molar-refractivity contribution is 5.40. The minimum absolute atomic E-state index is 0.249. The highest BCUT2D eigenvalue weighted by Crippen LogP contribution is 2.09. The number of nitrogen functional groups attached to an aromatic ring is 1. The first kappa shape index (κ1) is 9.20. The van der Waals surface area contributed by atoms with Crippen LogP contribution in [0.25, 0.3) is 0 Å². The molecule has 0 saturated carbocycles. The molecule has 1 aromatic rings. The lowest BCUT2D eigenvalue weighted by atomic mass is 10.3. The minimum atomic E-state index is 0.249. The van der Waals surface area contributed by atoms with Crippen LogP contribution < -0.4 is 5.73 Å². The van der Waals surface area contributed by atoms with Crippen molar-refractivity contribution in [2.75, 3.05) is 5.73 Å². The second-order valence-electron chi connectivity index (χ2n) is 1.67. The second kappa shape index (κ2) is 5.02. The maximum Gasteiger partial charge on any atom is 0.373 e. The molecule has 0 radical (unpaired) electrons. The molecule has 0 aromatic heterocycles. The summed E-state index contributed by atoms with van der Waals surface area (Å²) in [6.07, 6.45) is 0.250. The summed E-state index contributed by atoms with van der Waals surface area (Å²) in [7, 11) is 0. The Kier molecular flexibility index (Phi) is 4.20. The van der Waals surface area contributed by atoms with E-state index >= 15 is 0 Å². The van der Waals surface area contributed by atoms with Crippen LogP contribution in [0.3, 0.4) is 0 Å². The number of anilines is 1. The molecule has 0 aliphatic carbocycles. The Labute approximate surface area is 63.3 Å². The van der Waals surface area contributed by atoms with Gasteiger partial charge < -0.3 is 10.8 Å². The van der Waals surface area contributed by atoms with E-state index < -0.39 is 0 Å². The molecule has 4 heteroatoms. The molecule has 4 nitrogen and oxygen atoms in total. The zero-order valence-corrected chi connectivity index (χ0v) is 5.65. The maximum atomic E-state index is 8.70. The first-order valence-electron chi connectivity index (χ1n) is 2.74. The molecular weight excluding hydrogens is 146 g/mol. The number of rotatable bonds is 0. The largest absolute Gasteiger partial charge is 0.508 e. The van der Waals surface area contributed by atoms with Crippen molar-refractivity contribution in [2.24, 2.45) is 0 Å². The molecule has 11 heavy (non-hydrogen) atoms. The van der Waals surface area contributed by atoms with Crippen LogP contribution in [0, 0.1) is 0 Å². The number of aromatic hydroxyl groups is 1. The fourth-order valence-corrected chi connectivity index (χ4v) is 0.474. The molecule has 1 rings (SSSR count). The van der Waals surface area contributed by atoms with Crippen LogP contribution in [0.4, 0.5) is 5.69 Å². The summed E-state index contributed by atoms with van der Waals surface area (Å²) in [6.45, 7) is 0. The number of phenolic OH excluding ortho intramolecular Hbond substituents is 1. The van der Waals surface area contributed by atoms with E-state index in [1.54, 1.807) is 24.3 Å². The van der Waals surface area contributed by atoms with Gasteiger partial charge in [-0.1, -0.05) is 0 Å². The molecular formula is C7H7NO3.